The number of nitrogens with zero attached hydrogens (tertiary/aromatic N) is 3. The van der Waals surface area contributed by atoms with Crippen LogP contribution in [0.5, 0.6) is 0 Å². The van der Waals surface area contributed by atoms with Gasteiger partial charge in [-0.3, -0.25) is 14.4 Å². The number of allylic oxidation sites excluding steroid dienone is 3. The summed E-state index contributed by atoms with van der Waals surface area (Å²) in [5.41, 5.74) is -3.36. The molecule has 8 nitrogen and oxygen atoms in total. The Morgan fingerprint density at radius 1 is 1.05 bits per heavy atom. The van der Waals surface area contributed by atoms with Crippen LogP contribution in [0.3, 0.4) is 0 Å². The van der Waals surface area contributed by atoms with E-state index in [1.165, 1.54) is 6.20 Å². The number of aliphatic hydroxyl groups is 1. The molecule has 3 saturated carbocycles. The minimum absolute atomic E-state index is 0.0498. The summed E-state index contributed by atoms with van der Waals surface area (Å²) in [6, 6.07) is 5.47. The van der Waals surface area contributed by atoms with Crippen molar-refractivity contribution in [3.05, 3.63) is 47.3 Å². The summed E-state index contributed by atoms with van der Waals surface area (Å²) in [4.78, 5) is 40.8. The Morgan fingerprint density at radius 2 is 1.75 bits per heavy atom. The first kappa shape index (κ1) is 30.8. The Hall–Kier alpha value is -3.18. The second kappa shape index (κ2) is 9.42. The van der Waals surface area contributed by atoms with E-state index in [1.54, 1.807) is 18.2 Å². The van der Waals surface area contributed by atoms with E-state index in [2.05, 4.69) is 56.2 Å². The van der Waals surface area contributed by atoms with Crippen molar-refractivity contribution in [1.82, 2.24) is 15.5 Å². The van der Waals surface area contributed by atoms with E-state index in [0.717, 1.165) is 37.7 Å². The summed E-state index contributed by atoms with van der Waals surface area (Å²) in [7, 11) is 0. The highest BCUT2D eigenvalue weighted by atomic mass is 16.3. The predicted molar refractivity (Wildman–Crippen MR) is 165 cm³/mol. The first-order valence-electron chi connectivity index (χ1n) is 16.2. The monoisotopic (exact) mass is 598 g/mol. The molecule has 0 aliphatic heterocycles. The van der Waals surface area contributed by atoms with E-state index in [4.69, 9.17) is 0 Å². The van der Waals surface area contributed by atoms with Gasteiger partial charge in [0, 0.05) is 34.9 Å². The highest BCUT2D eigenvalue weighted by molar-refractivity contribution is 6.05. The van der Waals surface area contributed by atoms with Crippen molar-refractivity contribution < 1.29 is 19.5 Å². The number of amides is 1. The van der Waals surface area contributed by atoms with Crippen molar-refractivity contribution >= 4 is 17.5 Å². The average molecular weight is 599 g/mol. The largest absolute Gasteiger partial charge is 0.381 e. The van der Waals surface area contributed by atoms with E-state index in [0.29, 0.717) is 19.4 Å². The number of nitriles is 1. The van der Waals surface area contributed by atoms with E-state index in [9.17, 15) is 24.8 Å². The number of ketones is 2. The number of hydrogen-bond donors (Lipinski definition) is 2. The number of nitrogens with one attached hydrogen (secondary N) is 1. The standard InChI is InChI=1S/C36H46N4O4/c1-30(2)24-10-11-34(6)25(33(24,5)18-22(20-37)28(30)42)17-27(41)36(44)26-19-31(3,12-13-32(26,4)14-15-35(34,36)7)21-38-29(43)23-9-8-16-39-40-23/h8-9,16-18,24,26,44H,10-15,19,21H2,1-7H3,(H,38,43)/t24-,26+,31-,32+,33-,34+,35-,36+/m0/s1. The van der Waals surface area contributed by atoms with Crippen LogP contribution in [0.2, 0.25) is 0 Å². The van der Waals surface area contributed by atoms with Crippen molar-refractivity contribution in [2.75, 3.05) is 6.54 Å². The number of rotatable bonds is 3. The normalized spacial score (nSPS) is 44.1. The molecule has 0 saturated heterocycles. The second-order valence-electron chi connectivity index (χ2n) is 16.5. The molecule has 1 heterocycles. The van der Waals surface area contributed by atoms with Gasteiger partial charge in [0.15, 0.2) is 17.3 Å². The molecule has 0 unspecified atom stereocenters. The molecule has 234 valence electrons. The molecular formula is C36H46N4O4. The van der Waals surface area contributed by atoms with Crippen LogP contribution in [0.25, 0.3) is 0 Å². The Balaban J connectivity index is 1.40. The molecular weight excluding hydrogens is 552 g/mol. The lowest BCUT2D eigenvalue weighted by Gasteiger charge is -2.71. The molecule has 5 aliphatic carbocycles. The van der Waals surface area contributed by atoms with E-state index in [-0.39, 0.29) is 51.4 Å². The summed E-state index contributed by atoms with van der Waals surface area (Å²) in [5, 5.41) is 33.8. The maximum Gasteiger partial charge on any atom is 0.271 e. The molecule has 5 aliphatic rings. The second-order valence-corrected chi connectivity index (χ2v) is 16.5. The molecule has 1 aromatic heterocycles. The van der Waals surface area contributed by atoms with E-state index >= 15 is 0 Å². The van der Waals surface area contributed by atoms with Gasteiger partial charge in [-0.05, 0) is 90.9 Å². The summed E-state index contributed by atoms with van der Waals surface area (Å²) in [5.74, 6) is -0.996. The zero-order valence-electron chi connectivity index (χ0n) is 27.2. The van der Waals surface area contributed by atoms with Gasteiger partial charge in [0.1, 0.15) is 11.7 Å². The molecule has 1 aromatic rings. The number of carbonyl (C=O) groups excluding carboxylic acids is 3. The van der Waals surface area contributed by atoms with Crippen LogP contribution in [0, 0.1) is 55.7 Å². The Labute approximate surface area is 260 Å². The SMILES string of the molecule is CC1(C)C(=O)C(C#N)=C[C@]2(C)C3=CC(=O)[C@]4(O)[C@@H]5C[C@@](C)(CNC(=O)c6cccnn6)CC[C@]5(C)CC[C@@]4(C)[C@]3(C)CC[C@@H]12. The molecule has 8 heteroatoms. The third-order valence-corrected chi connectivity index (χ3v) is 13.8. The van der Waals surface area contributed by atoms with Crippen molar-refractivity contribution in [2.45, 2.75) is 99.0 Å². The summed E-state index contributed by atoms with van der Waals surface area (Å²) in [6.45, 7) is 15.1. The number of hydrogen-bond acceptors (Lipinski definition) is 7. The lowest BCUT2D eigenvalue weighted by Crippen LogP contribution is -2.74. The number of aromatic nitrogens is 2. The van der Waals surface area contributed by atoms with Gasteiger partial charge in [-0.1, -0.05) is 54.5 Å². The van der Waals surface area contributed by atoms with Gasteiger partial charge in [-0.15, -0.1) is 5.10 Å². The van der Waals surface area contributed by atoms with Crippen LogP contribution in [0.1, 0.15) is 104 Å². The predicted octanol–water partition coefficient (Wildman–Crippen LogP) is 5.54. The smallest absolute Gasteiger partial charge is 0.271 e. The quantitative estimate of drug-likeness (QED) is 0.467. The third kappa shape index (κ3) is 3.80. The zero-order chi connectivity index (χ0) is 32.1. The van der Waals surface area contributed by atoms with Gasteiger partial charge in [0.05, 0.1) is 5.57 Å². The summed E-state index contributed by atoms with van der Waals surface area (Å²) >= 11 is 0. The molecule has 6 rings (SSSR count). The fourth-order valence-corrected chi connectivity index (χ4v) is 10.8. The molecule has 0 radical (unpaired) electrons. The van der Waals surface area contributed by atoms with Gasteiger partial charge in [-0.2, -0.15) is 10.4 Å². The van der Waals surface area contributed by atoms with Gasteiger partial charge in [-0.25, -0.2) is 0 Å². The van der Waals surface area contributed by atoms with Gasteiger partial charge >= 0.3 is 0 Å². The lowest BCUT2D eigenvalue weighted by molar-refractivity contribution is -0.243. The van der Waals surface area contributed by atoms with Crippen LogP contribution < -0.4 is 5.32 Å². The minimum Gasteiger partial charge on any atom is -0.381 e. The van der Waals surface area contributed by atoms with Crippen molar-refractivity contribution in [2.24, 2.45) is 44.3 Å². The van der Waals surface area contributed by atoms with E-state index < -0.39 is 27.3 Å². The topological polar surface area (TPSA) is 133 Å². The van der Waals surface area contributed by atoms with Crippen LogP contribution in [-0.4, -0.2) is 44.9 Å². The molecule has 0 spiro atoms. The molecule has 8 atom stereocenters. The van der Waals surface area contributed by atoms with Crippen LogP contribution in [-0.2, 0) is 9.59 Å². The Morgan fingerprint density at radius 3 is 2.41 bits per heavy atom. The highest BCUT2D eigenvalue weighted by Crippen LogP contribution is 2.75. The van der Waals surface area contributed by atoms with Crippen molar-refractivity contribution in [3.63, 3.8) is 0 Å². The Kier molecular flexibility index (Phi) is 6.60. The maximum atomic E-state index is 14.6. The van der Waals surface area contributed by atoms with Gasteiger partial charge in [0.25, 0.3) is 5.91 Å². The molecule has 0 bridgehead atoms. The molecule has 3 fully saturated rings. The number of fused-ring (bicyclic) bond motifs is 7. The van der Waals surface area contributed by atoms with Gasteiger partial charge in [0.2, 0.25) is 0 Å². The van der Waals surface area contributed by atoms with Crippen molar-refractivity contribution in [3.8, 4) is 6.07 Å². The molecule has 0 aromatic carbocycles. The summed E-state index contributed by atoms with van der Waals surface area (Å²) in [6.07, 6.45) is 10.6. The van der Waals surface area contributed by atoms with E-state index in [1.807, 2.05) is 19.9 Å². The Bertz CT molecular complexity index is 1560. The fraction of sp³-hybridized carbons (Fsp3) is 0.667. The lowest BCUT2D eigenvalue weighted by atomic mass is 9.33. The first-order valence-corrected chi connectivity index (χ1v) is 16.2. The average Bonchev–Trinajstić information content (AvgIpc) is 2.99. The minimum atomic E-state index is -1.58. The van der Waals surface area contributed by atoms with Crippen molar-refractivity contribution in [1.29, 1.82) is 5.26 Å². The zero-order valence-corrected chi connectivity index (χ0v) is 27.2. The third-order valence-electron chi connectivity index (χ3n) is 13.8. The molecule has 2 N–H and O–H groups in total. The highest BCUT2D eigenvalue weighted by Gasteiger charge is 2.75. The molecule has 1 amide bonds. The number of Topliss-reactive ketones (excluding diaryl/α,β-unsaturated/α-hetero) is 1. The molecule has 44 heavy (non-hydrogen) atoms. The summed E-state index contributed by atoms with van der Waals surface area (Å²) < 4.78 is 0. The number of carbonyl (C=O) groups is 3. The first-order chi connectivity index (χ1) is 20.4. The van der Waals surface area contributed by atoms with Crippen LogP contribution >= 0.6 is 0 Å². The van der Waals surface area contributed by atoms with Crippen LogP contribution in [0.15, 0.2) is 41.6 Å². The van der Waals surface area contributed by atoms with Gasteiger partial charge < -0.3 is 10.4 Å². The fourth-order valence-electron chi connectivity index (χ4n) is 10.8. The maximum absolute atomic E-state index is 14.6. The van der Waals surface area contributed by atoms with Crippen LogP contribution in [0.4, 0.5) is 0 Å².